The zero-order valence-corrected chi connectivity index (χ0v) is 12.8. The van der Waals surface area contributed by atoms with E-state index in [1.54, 1.807) is 0 Å². The molecule has 21 heavy (non-hydrogen) atoms. The number of allylic oxidation sites excluding steroid dienone is 2. The summed E-state index contributed by atoms with van der Waals surface area (Å²) in [7, 11) is 0. The molecule has 0 aromatic rings. The van der Waals surface area contributed by atoms with Gasteiger partial charge in [-0.05, 0) is 63.4 Å². The molecule has 0 N–H and O–H groups in total. The summed E-state index contributed by atoms with van der Waals surface area (Å²) < 4.78 is 35.9. The summed E-state index contributed by atoms with van der Waals surface area (Å²) in [5.41, 5.74) is 0. The van der Waals surface area contributed by atoms with Crippen LogP contribution in [0.1, 0.15) is 45.4 Å². The third kappa shape index (κ3) is 5.87. The maximum absolute atomic E-state index is 12.2. The normalized spacial score (nSPS) is 34.0. The van der Waals surface area contributed by atoms with Crippen LogP contribution in [0.5, 0.6) is 0 Å². The summed E-state index contributed by atoms with van der Waals surface area (Å²) in [6, 6.07) is 0. The molecule has 120 valence electrons. The molecule has 0 atom stereocenters. The molecule has 1 heterocycles. The second-order valence-electron chi connectivity index (χ2n) is 6.20. The number of halogens is 2. The smallest absolute Gasteiger partial charge is 0.266 e. The van der Waals surface area contributed by atoms with E-state index in [0.717, 1.165) is 57.8 Å². The van der Waals surface area contributed by atoms with Crippen molar-refractivity contribution in [1.29, 1.82) is 0 Å². The lowest BCUT2D eigenvalue weighted by molar-refractivity contribution is -0.197. The van der Waals surface area contributed by atoms with Gasteiger partial charge in [0.1, 0.15) is 0 Å². The molecule has 1 aliphatic heterocycles. The standard InChI is InChI=1S/C17H26F2O2/c1-2-3-15-11-20-17(21-12-15)9-8-13-4-6-14(7-5-13)10-16(18)19/h2-3,10,13-15,17H,4-9,11-12H2,1H3. The molecule has 2 fully saturated rings. The Kier molecular flexibility index (Phi) is 6.84. The topological polar surface area (TPSA) is 18.5 Å². The lowest BCUT2D eigenvalue weighted by Crippen LogP contribution is -2.31. The van der Waals surface area contributed by atoms with Crippen LogP contribution in [0.3, 0.4) is 0 Å². The van der Waals surface area contributed by atoms with Gasteiger partial charge in [0.2, 0.25) is 0 Å². The van der Waals surface area contributed by atoms with Gasteiger partial charge in [0, 0.05) is 5.92 Å². The van der Waals surface area contributed by atoms with Crippen molar-refractivity contribution in [2.24, 2.45) is 17.8 Å². The van der Waals surface area contributed by atoms with Gasteiger partial charge in [0.05, 0.1) is 13.2 Å². The molecule has 2 rings (SSSR count). The first-order valence-electron chi connectivity index (χ1n) is 8.06. The number of hydrogen-bond acceptors (Lipinski definition) is 2. The van der Waals surface area contributed by atoms with Gasteiger partial charge in [0.25, 0.3) is 6.08 Å². The Hall–Kier alpha value is -0.740. The van der Waals surface area contributed by atoms with Crippen molar-refractivity contribution in [3.8, 4) is 0 Å². The minimum absolute atomic E-state index is 0.0765. The Balaban J connectivity index is 1.61. The molecule has 0 spiro atoms. The lowest BCUT2D eigenvalue weighted by atomic mass is 9.80. The zero-order valence-electron chi connectivity index (χ0n) is 12.8. The van der Waals surface area contributed by atoms with Gasteiger partial charge >= 0.3 is 0 Å². The lowest BCUT2D eigenvalue weighted by Gasteiger charge is -2.31. The minimum atomic E-state index is -1.53. The molecular formula is C17H26F2O2. The first-order valence-corrected chi connectivity index (χ1v) is 8.06. The third-order valence-electron chi connectivity index (χ3n) is 4.52. The summed E-state index contributed by atoms with van der Waals surface area (Å²) in [6.45, 7) is 3.48. The summed E-state index contributed by atoms with van der Waals surface area (Å²) in [6.07, 6.45) is 9.54. The van der Waals surface area contributed by atoms with Gasteiger partial charge in [0.15, 0.2) is 6.29 Å². The predicted octanol–water partition coefficient (Wildman–Crippen LogP) is 4.92. The molecule has 0 radical (unpaired) electrons. The average Bonchev–Trinajstić information content (AvgIpc) is 2.48. The van der Waals surface area contributed by atoms with E-state index in [0.29, 0.717) is 11.8 Å². The SMILES string of the molecule is CC=CC1COC(CCC2CCC(C=C(F)F)CC2)OC1. The van der Waals surface area contributed by atoms with E-state index in [1.165, 1.54) is 0 Å². The van der Waals surface area contributed by atoms with E-state index < -0.39 is 6.08 Å². The van der Waals surface area contributed by atoms with Crippen molar-refractivity contribution >= 4 is 0 Å². The van der Waals surface area contributed by atoms with Gasteiger partial charge in [-0.2, -0.15) is 8.78 Å². The van der Waals surface area contributed by atoms with Crippen molar-refractivity contribution < 1.29 is 18.3 Å². The van der Waals surface area contributed by atoms with Crippen LogP contribution < -0.4 is 0 Å². The molecular weight excluding hydrogens is 274 g/mol. The number of rotatable bonds is 5. The molecule has 0 amide bonds. The average molecular weight is 300 g/mol. The van der Waals surface area contributed by atoms with Crippen LogP contribution in [0.2, 0.25) is 0 Å². The molecule has 0 aromatic heterocycles. The van der Waals surface area contributed by atoms with Crippen molar-refractivity contribution in [2.45, 2.75) is 51.7 Å². The van der Waals surface area contributed by atoms with E-state index in [-0.39, 0.29) is 12.2 Å². The predicted molar refractivity (Wildman–Crippen MR) is 79.0 cm³/mol. The summed E-state index contributed by atoms with van der Waals surface area (Å²) in [5, 5.41) is 0. The fourth-order valence-corrected chi connectivity index (χ4v) is 3.30. The Morgan fingerprint density at radius 2 is 1.67 bits per heavy atom. The second-order valence-corrected chi connectivity index (χ2v) is 6.20. The number of hydrogen-bond donors (Lipinski definition) is 0. The van der Waals surface area contributed by atoms with Crippen LogP contribution in [0, 0.1) is 17.8 Å². The molecule has 1 saturated carbocycles. The van der Waals surface area contributed by atoms with Gasteiger partial charge in [-0.3, -0.25) is 0 Å². The zero-order chi connectivity index (χ0) is 15.1. The summed E-state index contributed by atoms with van der Waals surface area (Å²) >= 11 is 0. The fraction of sp³-hybridized carbons (Fsp3) is 0.765. The summed E-state index contributed by atoms with van der Waals surface area (Å²) in [5.74, 6) is 1.09. The quantitative estimate of drug-likeness (QED) is 0.671. The molecule has 0 unspecified atom stereocenters. The van der Waals surface area contributed by atoms with Crippen LogP contribution in [0.15, 0.2) is 24.3 Å². The second kappa shape index (κ2) is 8.64. The molecule has 1 saturated heterocycles. The van der Waals surface area contributed by atoms with E-state index in [4.69, 9.17) is 9.47 Å². The highest BCUT2D eigenvalue weighted by Crippen LogP contribution is 2.33. The first kappa shape index (κ1) is 16.6. The molecule has 1 aliphatic carbocycles. The van der Waals surface area contributed by atoms with Crippen LogP contribution in [0.4, 0.5) is 8.78 Å². The van der Waals surface area contributed by atoms with E-state index in [1.807, 2.05) is 13.0 Å². The molecule has 2 nitrogen and oxygen atoms in total. The highest BCUT2D eigenvalue weighted by molar-refractivity contribution is 4.91. The third-order valence-corrected chi connectivity index (χ3v) is 4.52. The molecule has 0 bridgehead atoms. The van der Waals surface area contributed by atoms with Crippen LogP contribution >= 0.6 is 0 Å². The van der Waals surface area contributed by atoms with E-state index in [2.05, 4.69) is 6.08 Å². The van der Waals surface area contributed by atoms with Gasteiger partial charge in [-0.25, -0.2) is 0 Å². The highest BCUT2D eigenvalue weighted by Gasteiger charge is 2.24. The fourth-order valence-electron chi connectivity index (χ4n) is 3.30. The monoisotopic (exact) mass is 300 g/mol. The minimum Gasteiger partial charge on any atom is -0.352 e. The highest BCUT2D eigenvalue weighted by atomic mass is 19.3. The maximum Gasteiger partial charge on any atom is 0.266 e. The molecule has 2 aliphatic rings. The summed E-state index contributed by atoms with van der Waals surface area (Å²) in [4.78, 5) is 0. The van der Waals surface area contributed by atoms with Gasteiger partial charge in [-0.1, -0.05) is 12.2 Å². The van der Waals surface area contributed by atoms with Gasteiger partial charge in [-0.15, -0.1) is 0 Å². The Bertz CT molecular complexity index is 348. The van der Waals surface area contributed by atoms with Crippen molar-refractivity contribution in [3.05, 3.63) is 24.3 Å². The first-order chi connectivity index (χ1) is 10.2. The Morgan fingerprint density at radius 3 is 2.24 bits per heavy atom. The largest absolute Gasteiger partial charge is 0.352 e. The Morgan fingerprint density at radius 1 is 1.00 bits per heavy atom. The van der Waals surface area contributed by atoms with Crippen LogP contribution in [0.25, 0.3) is 0 Å². The van der Waals surface area contributed by atoms with Crippen LogP contribution in [-0.2, 0) is 9.47 Å². The van der Waals surface area contributed by atoms with Crippen molar-refractivity contribution in [3.63, 3.8) is 0 Å². The number of ether oxygens (including phenoxy) is 2. The maximum atomic E-state index is 12.2. The van der Waals surface area contributed by atoms with E-state index in [9.17, 15) is 8.78 Å². The Labute approximate surface area is 126 Å². The van der Waals surface area contributed by atoms with Crippen molar-refractivity contribution in [1.82, 2.24) is 0 Å². The molecule has 0 aromatic carbocycles. The van der Waals surface area contributed by atoms with Crippen molar-refractivity contribution in [2.75, 3.05) is 13.2 Å². The van der Waals surface area contributed by atoms with Crippen LogP contribution in [-0.4, -0.2) is 19.5 Å². The molecule has 4 heteroatoms. The van der Waals surface area contributed by atoms with E-state index >= 15 is 0 Å². The van der Waals surface area contributed by atoms with Gasteiger partial charge < -0.3 is 9.47 Å².